The third-order valence-electron chi connectivity index (χ3n) is 5.95. The summed E-state index contributed by atoms with van der Waals surface area (Å²) in [7, 11) is 0. The zero-order valence-electron chi connectivity index (χ0n) is 22.0. The first kappa shape index (κ1) is 32.2. The van der Waals surface area contributed by atoms with Crippen molar-refractivity contribution in [2.45, 2.75) is 62.7 Å². The van der Waals surface area contributed by atoms with Crippen LogP contribution in [0.25, 0.3) is 0 Å². The highest BCUT2D eigenvalue weighted by Gasteiger charge is 2.31. The highest BCUT2D eigenvalue weighted by molar-refractivity contribution is 5.94. The van der Waals surface area contributed by atoms with Gasteiger partial charge in [-0.3, -0.25) is 24.0 Å². The molecule has 0 radical (unpaired) electrons. The van der Waals surface area contributed by atoms with Crippen molar-refractivity contribution in [3.05, 3.63) is 48.0 Å². The number of rotatable bonds is 17. The van der Waals surface area contributed by atoms with Gasteiger partial charge in [-0.15, -0.1) is 0 Å². The highest BCUT2D eigenvalue weighted by atomic mass is 16.4. The van der Waals surface area contributed by atoms with Crippen LogP contribution in [0.15, 0.2) is 36.8 Å². The molecule has 41 heavy (non-hydrogen) atoms. The van der Waals surface area contributed by atoms with Crippen LogP contribution in [0.1, 0.15) is 36.9 Å². The summed E-state index contributed by atoms with van der Waals surface area (Å²) in [5.41, 5.74) is 17.0. The monoisotopic (exact) mass is 574 g/mol. The van der Waals surface area contributed by atoms with Crippen LogP contribution in [0.5, 0.6) is 5.75 Å². The predicted molar refractivity (Wildman–Crippen MR) is 142 cm³/mol. The number of carboxylic acids is 1. The molecule has 4 unspecified atom stereocenters. The highest BCUT2D eigenvalue weighted by Crippen LogP contribution is 2.12. The average Bonchev–Trinajstić information content (AvgIpc) is 3.42. The Morgan fingerprint density at radius 2 is 1.34 bits per heavy atom. The van der Waals surface area contributed by atoms with Gasteiger partial charge in [-0.05, 0) is 30.5 Å². The van der Waals surface area contributed by atoms with E-state index >= 15 is 0 Å². The molecule has 1 heterocycles. The van der Waals surface area contributed by atoms with E-state index in [9.17, 15) is 39.0 Å². The number of carbonyl (C=O) groups excluding carboxylic acids is 5. The molecule has 12 N–H and O–H groups in total. The molecule has 0 saturated heterocycles. The maximum atomic E-state index is 13.4. The van der Waals surface area contributed by atoms with Gasteiger partial charge in [-0.2, -0.15) is 0 Å². The van der Waals surface area contributed by atoms with E-state index in [4.69, 9.17) is 17.2 Å². The lowest BCUT2D eigenvalue weighted by Gasteiger charge is -2.25. The fourth-order valence-corrected chi connectivity index (χ4v) is 3.70. The fourth-order valence-electron chi connectivity index (χ4n) is 3.70. The van der Waals surface area contributed by atoms with E-state index in [0.717, 1.165) is 0 Å². The summed E-state index contributed by atoms with van der Waals surface area (Å²) in [5, 5.41) is 26.4. The van der Waals surface area contributed by atoms with Crippen LogP contribution >= 0.6 is 0 Å². The van der Waals surface area contributed by atoms with Gasteiger partial charge in [-0.25, -0.2) is 9.78 Å². The van der Waals surface area contributed by atoms with E-state index < -0.39 is 59.7 Å². The van der Waals surface area contributed by atoms with E-state index in [1.54, 1.807) is 0 Å². The molecule has 1 aromatic carbocycles. The smallest absolute Gasteiger partial charge is 0.326 e. The largest absolute Gasteiger partial charge is 0.508 e. The van der Waals surface area contributed by atoms with Gasteiger partial charge in [-0.1, -0.05) is 12.1 Å². The number of nitrogens with one attached hydrogen (secondary N) is 4. The molecule has 4 atom stereocenters. The molecule has 0 aliphatic rings. The molecule has 2 aromatic rings. The van der Waals surface area contributed by atoms with Gasteiger partial charge in [0, 0.05) is 37.6 Å². The number of aromatic amines is 1. The molecule has 0 saturated carbocycles. The molecular weight excluding hydrogens is 540 g/mol. The summed E-state index contributed by atoms with van der Waals surface area (Å²) in [6.07, 6.45) is 1.75. The third-order valence-corrected chi connectivity index (χ3v) is 5.95. The molecule has 0 aliphatic heterocycles. The van der Waals surface area contributed by atoms with Gasteiger partial charge in [0.25, 0.3) is 0 Å². The molecule has 2 rings (SSSR count). The van der Waals surface area contributed by atoms with Crippen LogP contribution in [0, 0.1) is 0 Å². The number of aliphatic carboxylic acids is 1. The number of carbonyl (C=O) groups is 6. The zero-order valence-corrected chi connectivity index (χ0v) is 22.0. The van der Waals surface area contributed by atoms with Gasteiger partial charge < -0.3 is 48.3 Å². The van der Waals surface area contributed by atoms with Crippen LogP contribution < -0.4 is 33.2 Å². The minimum atomic E-state index is -1.47. The molecule has 16 nitrogen and oxygen atoms in total. The van der Waals surface area contributed by atoms with Gasteiger partial charge in [0.1, 0.15) is 23.9 Å². The number of hydrogen-bond acceptors (Lipinski definition) is 9. The number of nitrogens with zero attached hydrogens (tertiary/aromatic N) is 1. The Balaban J connectivity index is 2.27. The normalized spacial score (nSPS) is 13.7. The van der Waals surface area contributed by atoms with Crippen LogP contribution in [0.2, 0.25) is 0 Å². The Hall–Kier alpha value is -4.99. The van der Waals surface area contributed by atoms with Gasteiger partial charge in [0.05, 0.1) is 12.4 Å². The van der Waals surface area contributed by atoms with Crippen molar-refractivity contribution in [3.63, 3.8) is 0 Å². The number of imidazole rings is 1. The van der Waals surface area contributed by atoms with Gasteiger partial charge >= 0.3 is 5.97 Å². The number of H-pyrrole nitrogens is 1. The van der Waals surface area contributed by atoms with Crippen LogP contribution in [-0.4, -0.2) is 79.9 Å². The summed E-state index contributed by atoms with van der Waals surface area (Å²) in [6.45, 7) is 0. The van der Waals surface area contributed by atoms with E-state index in [-0.39, 0.29) is 44.3 Å². The quantitative estimate of drug-likeness (QED) is 0.0941. The molecule has 222 valence electrons. The number of benzene rings is 1. The zero-order chi connectivity index (χ0) is 30.5. The molecule has 0 spiro atoms. The number of amides is 5. The van der Waals surface area contributed by atoms with Crippen LogP contribution in [0.4, 0.5) is 0 Å². The Morgan fingerprint density at radius 3 is 1.88 bits per heavy atom. The van der Waals surface area contributed by atoms with Crippen molar-refractivity contribution in [1.29, 1.82) is 0 Å². The van der Waals surface area contributed by atoms with Crippen LogP contribution in [0.3, 0.4) is 0 Å². The Bertz CT molecular complexity index is 1220. The third kappa shape index (κ3) is 11.3. The number of phenolic OH excluding ortho intramolecular Hbond substituents is 1. The average molecular weight is 575 g/mol. The second-order valence-corrected chi connectivity index (χ2v) is 9.29. The SMILES string of the molecule is NC(=O)CCC(N)C(=O)NC(Cc1ccc(O)cc1)C(=O)NC(Cc1cnc[nH]1)C(=O)NC(CCC(N)=O)C(=O)O. The number of nitrogens with two attached hydrogens (primary N) is 3. The lowest BCUT2D eigenvalue weighted by atomic mass is 10.0. The van der Waals surface area contributed by atoms with Crippen molar-refractivity contribution in [2.24, 2.45) is 17.2 Å². The second-order valence-electron chi connectivity index (χ2n) is 9.29. The minimum Gasteiger partial charge on any atom is -0.508 e. The molecule has 1 aromatic heterocycles. The van der Waals surface area contributed by atoms with Gasteiger partial charge in [0.15, 0.2) is 0 Å². The van der Waals surface area contributed by atoms with Crippen molar-refractivity contribution in [1.82, 2.24) is 25.9 Å². The summed E-state index contributed by atoms with van der Waals surface area (Å²) in [6, 6.07) is 0.596. The van der Waals surface area contributed by atoms with Crippen molar-refractivity contribution < 1.29 is 39.0 Å². The number of carboxylic acid groups (broad SMARTS) is 1. The fraction of sp³-hybridized carbons (Fsp3) is 0.400. The van der Waals surface area contributed by atoms with Crippen molar-refractivity contribution in [3.8, 4) is 5.75 Å². The maximum Gasteiger partial charge on any atom is 0.326 e. The molecule has 16 heteroatoms. The predicted octanol–water partition coefficient (Wildman–Crippen LogP) is -2.70. The standard InChI is InChI=1S/C25H34N8O8/c26-16(5-7-20(27)35)22(37)32-18(9-13-1-3-15(34)4-2-13)23(38)33-19(10-14-11-29-12-30-14)24(39)31-17(25(40)41)6-8-21(28)36/h1-4,11-12,16-19,34H,5-10,26H2,(H2,27,35)(H2,28,36)(H,29,30)(H,31,39)(H,32,37)(H,33,38)(H,40,41). The lowest BCUT2D eigenvalue weighted by molar-refractivity contribution is -0.142. The van der Waals surface area contributed by atoms with Crippen molar-refractivity contribution in [2.75, 3.05) is 0 Å². The van der Waals surface area contributed by atoms with Crippen molar-refractivity contribution >= 4 is 35.5 Å². The van der Waals surface area contributed by atoms with E-state index in [1.165, 1.54) is 36.8 Å². The molecule has 0 aliphatic carbocycles. The summed E-state index contributed by atoms with van der Waals surface area (Å²) in [4.78, 5) is 79.8. The topological polar surface area (TPSA) is 286 Å². The molecule has 0 fully saturated rings. The first-order valence-corrected chi connectivity index (χ1v) is 12.6. The Labute approximate surface area is 234 Å². The molecule has 0 bridgehead atoms. The van der Waals surface area contributed by atoms with E-state index in [1.807, 2.05) is 0 Å². The first-order chi connectivity index (χ1) is 19.3. The lowest BCUT2D eigenvalue weighted by Crippen LogP contribution is -2.58. The first-order valence-electron chi connectivity index (χ1n) is 12.6. The number of hydrogen-bond donors (Lipinski definition) is 9. The van der Waals surface area contributed by atoms with Gasteiger partial charge in [0.2, 0.25) is 29.5 Å². The summed E-state index contributed by atoms with van der Waals surface area (Å²) < 4.78 is 0. The summed E-state index contributed by atoms with van der Waals surface area (Å²) >= 11 is 0. The molecule has 5 amide bonds. The minimum absolute atomic E-state index is 0.0205. The van der Waals surface area contributed by atoms with E-state index in [0.29, 0.717) is 11.3 Å². The number of phenols is 1. The van der Waals surface area contributed by atoms with Crippen LogP contribution in [-0.2, 0) is 41.6 Å². The van der Waals surface area contributed by atoms with E-state index in [2.05, 4.69) is 25.9 Å². The Kier molecular flexibility index (Phi) is 12.2. The molecular formula is C25H34N8O8. The number of aromatic hydroxyl groups is 1. The number of primary amides is 2. The summed E-state index contributed by atoms with van der Waals surface area (Å²) in [5.74, 6) is -5.28. The maximum absolute atomic E-state index is 13.4. The number of aromatic nitrogens is 2. The second kappa shape index (κ2) is 15.6. The Morgan fingerprint density at radius 1 is 0.805 bits per heavy atom.